The molecule has 1 aliphatic rings. The molecule has 4 aromatic rings. The van der Waals surface area contributed by atoms with Gasteiger partial charge in [0.15, 0.2) is 0 Å². The van der Waals surface area contributed by atoms with Crippen LogP contribution in [0.15, 0.2) is 90.2 Å². The van der Waals surface area contributed by atoms with E-state index in [1.165, 1.54) is 22.7 Å². The second-order valence-corrected chi connectivity index (χ2v) is 11.5. The number of hydrogen-bond donors (Lipinski definition) is 2. The van der Waals surface area contributed by atoms with Crippen molar-refractivity contribution < 1.29 is 12.8 Å². The van der Waals surface area contributed by atoms with Crippen molar-refractivity contribution in [2.45, 2.75) is 17.7 Å². The van der Waals surface area contributed by atoms with E-state index < -0.39 is 10.0 Å². The SMILES string of the molecule is CN(C)NS(=O)(=O)c1ccc(CCN2CC=C(c3c[nH]c(-c4ccc(F)cc4)c3-c3ccncc3)CC2)cc1.Cl. The van der Waals surface area contributed by atoms with E-state index in [-0.39, 0.29) is 23.1 Å². The van der Waals surface area contributed by atoms with E-state index >= 15 is 0 Å². The average molecular weight is 582 g/mol. The number of hydrogen-bond acceptors (Lipinski definition) is 5. The Hall–Kier alpha value is -3.34. The van der Waals surface area contributed by atoms with Crippen LogP contribution in [0, 0.1) is 5.82 Å². The van der Waals surface area contributed by atoms with Crippen LogP contribution >= 0.6 is 12.4 Å². The number of aromatic nitrogens is 2. The Labute approximate surface area is 241 Å². The number of pyridine rings is 1. The zero-order valence-electron chi connectivity index (χ0n) is 22.5. The molecule has 0 spiro atoms. The van der Waals surface area contributed by atoms with Gasteiger partial charge in [0, 0.05) is 63.4 Å². The lowest BCUT2D eigenvalue weighted by molar-refractivity contribution is 0.306. The topological polar surface area (TPSA) is 81.3 Å². The van der Waals surface area contributed by atoms with E-state index in [0.717, 1.165) is 66.0 Å². The molecule has 0 saturated heterocycles. The lowest BCUT2D eigenvalue weighted by Crippen LogP contribution is -2.36. The van der Waals surface area contributed by atoms with Crippen LogP contribution in [-0.2, 0) is 16.4 Å². The van der Waals surface area contributed by atoms with Crippen LogP contribution in [0.4, 0.5) is 4.39 Å². The zero-order chi connectivity index (χ0) is 27.4. The Bertz CT molecular complexity index is 1550. The maximum absolute atomic E-state index is 13.6. The van der Waals surface area contributed by atoms with Crippen LogP contribution in [-0.4, -0.2) is 62.0 Å². The molecule has 3 heterocycles. The van der Waals surface area contributed by atoms with Crippen molar-refractivity contribution in [1.82, 2.24) is 24.7 Å². The smallest absolute Gasteiger partial charge is 0.253 e. The number of nitrogens with zero attached hydrogens (tertiary/aromatic N) is 3. The van der Waals surface area contributed by atoms with Gasteiger partial charge in [0.2, 0.25) is 0 Å². The normalized spacial score (nSPS) is 14.2. The minimum atomic E-state index is -3.55. The Morgan fingerprint density at radius 2 is 1.70 bits per heavy atom. The summed E-state index contributed by atoms with van der Waals surface area (Å²) in [4.78, 5) is 12.7. The third-order valence-electron chi connectivity index (χ3n) is 6.87. The summed E-state index contributed by atoms with van der Waals surface area (Å²) in [7, 11) is -0.263. The molecule has 5 rings (SSSR count). The van der Waals surface area contributed by atoms with Crippen LogP contribution in [0.1, 0.15) is 17.5 Å². The van der Waals surface area contributed by atoms with Crippen molar-refractivity contribution in [3.63, 3.8) is 0 Å². The molecule has 40 heavy (non-hydrogen) atoms. The van der Waals surface area contributed by atoms with Crippen molar-refractivity contribution in [2.24, 2.45) is 0 Å². The number of sulfonamides is 1. The van der Waals surface area contributed by atoms with Crippen molar-refractivity contribution in [3.8, 4) is 22.4 Å². The Kier molecular flexibility index (Phi) is 9.55. The molecule has 2 N–H and O–H groups in total. The van der Waals surface area contributed by atoms with Gasteiger partial charge in [-0.3, -0.25) is 9.88 Å². The highest BCUT2D eigenvalue weighted by atomic mass is 35.5. The summed E-state index contributed by atoms with van der Waals surface area (Å²) in [6, 6.07) is 17.6. The number of hydrazine groups is 1. The predicted molar refractivity (Wildman–Crippen MR) is 160 cm³/mol. The third kappa shape index (κ3) is 6.86. The highest BCUT2D eigenvalue weighted by molar-refractivity contribution is 7.89. The van der Waals surface area contributed by atoms with Crippen LogP contribution in [0.2, 0.25) is 0 Å². The second kappa shape index (κ2) is 12.9. The van der Waals surface area contributed by atoms with Gasteiger partial charge in [-0.2, -0.15) is 0 Å². The third-order valence-corrected chi connectivity index (χ3v) is 8.37. The number of benzene rings is 2. The highest BCUT2D eigenvalue weighted by Gasteiger charge is 2.21. The van der Waals surface area contributed by atoms with E-state index in [2.05, 4.69) is 32.0 Å². The molecule has 210 valence electrons. The minimum absolute atomic E-state index is 0. The van der Waals surface area contributed by atoms with Gasteiger partial charge in [0.25, 0.3) is 10.0 Å². The summed E-state index contributed by atoms with van der Waals surface area (Å²) >= 11 is 0. The Morgan fingerprint density at radius 3 is 2.33 bits per heavy atom. The van der Waals surface area contributed by atoms with E-state index in [9.17, 15) is 12.8 Å². The zero-order valence-corrected chi connectivity index (χ0v) is 24.1. The summed E-state index contributed by atoms with van der Waals surface area (Å²) in [5, 5.41) is 1.42. The fourth-order valence-electron chi connectivity index (χ4n) is 4.91. The van der Waals surface area contributed by atoms with Crippen molar-refractivity contribution in [3.05, 3.63) is 102 Å². The van der Waals surface area contributed by atoms with Gasteiger partial charge >= 0.3 is 0 Å². The molecule has 7 nitrogen and oxygen atoms in total. The van der Waals surface area contributed by atoms with E-state index in [0.29, 0.717) is 0 Å². The molecule has 0 unspecified atom stereocenters. The summed E-state index contributed by atoms with van der Waals surface area (Å²) in [5.74, 6) is -0.256. The Balaban J connectivity index is 0.00000370. The van der Waals surface area contributed by atoms with Gasteiger partial charge in [0.1, 0.15) is 5.82 Å². The number of aromatic amines is 1. The first-order valence-corrected chi connectivity index (χ1v) is 14.4. The van der Waals surface area contributed by atoms with E-state index in [4.69, 9.17) is 0 Å². The number of halogens is 2. The van der Waals surface area contributed by atoms with E-state index in [1.54, 1.807) is 50.8 Å². The monoisotopic (exact) mass is 581 g/mol. The molecule has 0 aliphatic carbocycles. The van der Waals surface area contributed by atoms with Crippen LogP contribution in [0.3, 0.4) is 0 Å². The van der Waals surface area contributed by atoms with Gasteiger partial charge in [-0.15, -0.1) is 17.2 Å². The fraction of sp³-hybridized carbons (Fsp3) is 0.233. The molecule has 0 radical (unpaired) electrons. The van der Waals surface area contributed by atoms with Gasteiger partial charge < -0.3 is 4.98 Å². The second-order valence-electron chi connectivity index (χ2n) is 9.86. The lowest BCUT2D eigenvalue weighted by atomic mass is 9.92. The quantitative estimate of drug-likeness (QED) is 0.259. The average Bonchev–Trinajstić information content (AvgIpc) is 3.38. The van der Waals surface area contributed by atoms with Gasteiger partial charge in [0.05, 0.1) is 10.6 Å². The maximum atomic E-state index is 13.6. The maximum Gasteiger partial charge on any atom is 0.253 e. The number of nitrogens with one attached hydrogen (secondary N) is 2. The molecular weight excluding hydrogens is 549 g/mol. The molecule has 0 bridgehead atoms. The molecule has 0 fully saturated rings. The minimum Gasteiger partial charge on any atom is -0.360 e. The molecule has 1 aliphatic heterocycles. The fourth-order valence-corrected chi connectivity index (χ4v) is 5.99. The van der Waals surface area contributed by atoms with E-state index in [1.807, 2.05) is 24.3 Å². The highest BCUT2D eigenvalue weighted by Crippen LogP contribution is 2.39. The molecule has 0 atom stereocenters. The summed E-state index contributed by atoms with van der Waals surface area (Å²) in [6.07, 6.45) is 9.67. The summed E-state index contributed by atoms with van der Waals surface area (Å²) in [6.45, 7) is 2.65. The van der Waals surface area contributed by atoms with Gasteiger partial charge in [-0.25, -0.2) is 17.8 Å². The molecule has 0 amide bonds. The van der Waals surface area contributed by atoms with Gasteiger partial charge in [-0.05, 0) is 83.6 Å². The molecular formula is C30H33ClFN5O2S. The Morgan fingerprint density at radius 1 is 1.00 bits per heavy atom. The van der Waals surface area contributed by atoms with Gasteiger partial charge in [-0.1, -0.05) is 18.2 Å². The molecule has 2 aromatic carbocycles. The standard InChI is InChI=1S/C30H32FN5O2S.ClH/c1-35(2)34-39(37,38)27-9-3-22(4-10-27)13-18-36-19-14-23(15-20-36)28-21-33-30(25-5-7-26(31)8-6-25)29(28)24-11-16-32-17-12-24;/h3-12,14,16-17,21,33-34H,13,15,18-20H2,1-2H3;1H. The molecule has 2 aromatic heterocycles. The summed E-state index contributed by atoms with van der Waals surface area (Å²) in [5.41, 5.74) is 7.60. The largest absolute Gasteiger partial charge is 0.360 e. The van der Waals surface area contributed by atoms with Crippen LogP contribution in [0.5, 0.6) is 0 Å². The lowest BCUT2D eigenvalue weighted by Gasteiger charge is -2.26. The number of H-pyrrole nitrogens is 1. The molecule has 0 saturated carbocycles. The first kappa shape index (κ1) is 29.6. The van der Waals surface area contributed by atoms with Crippen LogP contribution in [0.25, 0.3) is 28.0 Å². The molecule has 10 heteroatoms. The predicted octanol–water partition coefficient (Wildman–Crippen LogP) is 5.39. The van der Waals surface area contributed by atoms with Crippen molar-refractivity contribution in [1.29, 1.82) is 0 Å². The van der Waals surface area contributed by atoms with Crippen molar-refractivity contribution >= 4 is 28.0 Å². The number of rotatable bonds is 9. The summed E-state index contributed by atoms with van der Waals surface area (Å²) < 4.78 is 38.2. The van der Waals surface area contributed by atoms with Crippen molar-refractivity contribution in [2.75, 3.05) is 33.7 Å². The van der Waals surface area contributed by atoms with Crippen LogP contribution < -0.4 is 4.83 Å². The first-order valence-electron chi connectivity index (χ1n) is 12.9. The first-order chi connectivity index (χ1) is 18.8.